The van der Waals surface area contributed by atoms with Crippen molar-refractivity contribution in [3.8, 4) is 0 Å². The Balaban J connectivity index is 0.00000147. The van der Waals surface area contributed by atoms with Crippen LogP contribution in [0.1, 0.15) is 17.7 Å². The molecule has 0 aliphatic carbocycles. The zero-order chi connectivity index (χ0) is 12.9. The van der Waals surface area contributed by atoms with Gasteiger partial charge in [-0.2, -0.15) is 5.10 Å². The summed E-state index contributed by atoms with van der Waals surface area (Å²) in [5.74, 6) is 0.865. The van der Waals surface area contributed by atoms with Gasteiger partial charge in [0.05, 0.1) is 18.5 Å². The molecule has 0 saturated heterocycles. The zero-order valence-electron chi connectivity index (χ0n) is 11.1. The average molecular weight is 289 g/mol. The second-order valence-corrected chi connectivity index (χ2v) is 4.56. The fraction of sp³-hybridized carbons (Fsp3) is 0.188. The van der Waals surface area contributed by atoms with Crippen LogP contribution in [0, 0.1) is 0 Å². The first-order valence-corrected chi connectivity index (χ1v) is 6.48. The quantitative estimate of drug-likeness (QED) is 0.851. The number of hydrazone groups is 1. The maximum Gasteiger partial charge on any atom is 0.126 e. The van der Waals surface area contributed by atoms with E-state index >= 15 is 0 Å². The Kier molecular flexibility index (Phi) is 5.02. The van der Waals surface area contributed by atoms with Crippen LogP contribution in [0.4, 0.5) is 0 Å². The molecule has 1 aliphatic heterocycles. The molecule has 0 N–H and O–H groups in total. The predicted octanol–water partition coefficient (Wildman–Crippen LogP) is 3.98. The second-order valence-electron chi connectivity index (χ2n) is 4.56. The van der Waals surface area contributed by atoms with Crippen molar-refractivity contribution in [1.82, 2.24) is 5.01 Å². The smallest absolute Gasteiger partial charge is 0.126 e. The largest absolute Gasteiger partial charge is 0.465 e. The Morgan fingerprint density at radius 2 is 1.95 bits per heavy atom. The van der Waals surface area contributed by atoms with Gasteiger partial charge in [-0.1, -0.05) is 30.3 Å². The summed E-state index contributed by atoms with van der Waals surface area (Å²) in [5, 5.41) is 6.71. The van der Waals surface area contributed by atoms with Crippen LogP contribution in [0.3, 0.4) is 0 Å². The van der Waals surface area contributed by atoms with Crippen molar-refractivity contribution in [2.45, 2.75) is 13.0 Å². The first-order chi connectivity index (χ1) is 9.40. The van der Waals surface area contributed by atoms with Crippen LogP contribution in [0.2, 0.25) is 0 Å². The molecule has 1 aliphatic rings. The number of benzene rings is 1. The molecule has 3 nitrogen and oxygen atoms in total. The van der Waals surface area contributed by atoms with Crippen LogP contribution in [0.5, 0.6) is 0 Å². The average Bonchev–Trinajstić information content (AvgIpc) is 3.09. The molecule has 0 radical (unpaired) electrons. The fourth-order valence-electron chi connectivity index (χ4n) is 2.11. The Morgan fingerprint density at radius 1 is 1.10 bits per heavy atom. The number of allylic oxidation sites excluding steroid dienone is 1. The topological polar surface area (TPSA) is 28.7 Å². The number of rotatable bonds is 4. The standard InChI is InChI=1S/C16H16N2O.ClH/c1-2-5-14(6-3-1)13-18-11-10-15(17-18)8-9-16-7-4-12-19-16;/h1-9,12H,10-11,13H2;1H/b9-8+;. The molecule has 0 atom stereocenters. The first-order valence-electron chi connectivity index (χ1n) is 6.48. The van der Waals surface area contributed by atoms with Gasteiger partial charge in [0.25, 0.3) is 0 Å². The van der Waals surface area contributed by atoms with Gasteiger partial charge in [-0.3, -0.25) is 5.01 Å². The number of furan rings is 1. The lowest BCUT2D eigenvalue weighted by Gasteiger charge is -2.12. The van der Waals surface area contributed by atoms with Crippen LogP contribution in [-0.4, -0.2) is 17.3 Å². The van der Waals surface area contributed by atoms with Crippen LogP contribution < -0.4 is 0 Å². The summed E-state index contributed by atoms with van der Waals surface area (Å²) in [7, 11) is 0. The van der Waals surface area contributed by atoms with Gasteiger partial charge in [0.15, 0.2) is 0 Å². The van der Waals surface area contributed by atoms with E-state index in [9.17, 15) is 0 Å². The third-order valence-corrected chi connectivity index (χ3v) is 3.09. The highest BCUT2D eigenvalue weighted by Gasteiger charge is 2.12. The van der Waals surface area contributed by atoms with Crippen LogP contribution >= 0.6 is 12.4 Å². The van der Waals surface area contributed by atoms with Crippen molar-refractivity contribution >= 4 is 24.2 Å². The van der Waals surface area contributed by atoms with Gasteiger partial charge in [-0.05, 0) is 29.8 Å². The molecule has 3 rings (SSSR count). The summed E-state index contributed by atoms with van der Waals surface area (Å²) in [4.78, 5) is 0. The van der Waals surface area contributed by atoms with Crippen LogP contribution in [0.25, 0.3) is 6.08 Å². The Bertz CT molecular complexity index is 576. The minimum Gasteiger partial charge on any atom is -0.465 e. The van der Waals surface area contributed by atoms with Crippen molar-refractivity contribution in [3.63, 3.8) is 0 Å². The molecule has 104 valence electrons. The van der Waals surface area contributed by atoms with Crippen LogP contribution in [0.15, 0.2) is 64.3 Å². The van der Waals surface area contributed by atoms with Gasteiger partial charge in [-0.25, -0.2) is 0 Å². The summed E-state index contributed by atoms with van der Waals surface area (Å²) >= 11 is 0. The van der Waals surface area contributed by atoms with E-state index in [2.05, 4.69) is 34.4 Å². The summed E-state index contributed by atoms with van der Waals surface area (Å²) in [6.45, 7) is 1.85. The molecule has 2 heterocycles. The van der Waals surface area contributed by atoms with Gasteiger partial charge in [0, 0.05) is 13.0 Å². The highest BCUT2D eigenvalue weighted by atomic mass is 35.5. The van der Waals surface area contributed by atoms with Crippen molar-refractivity contribution in [2.75, 3.05) is 6.54 Å². The van der Waals surface area contributed by atoms with E-state index in [-0.39, 0.29) is 12.4 Å². The monoisotopic (exact) mass is 288 g/mol. The van der Waals surface area contributed by atoms with Crippen molar-refractivity contribution in [2.24, 2.45) is 5.10 Å². The van der Waals surface area contributed by atoms with E-state index in [1.807, 2.05) is 30.4 Å². The number of hydrogen-bond donors (Lipinski definition) is 0. The summed E-state index contributed by atoms with van der Waals surface area (Å²) in [6, 6.07) is 14.2. The maximum atomic E-state index is 5.26. The molecule has 0 bridgehead atoms. The summed E-state index contributed by atoms with van der Waals surface area (Å²) in [5.41, 5.74) is 2.40. The molecule has 4 heteroatoms. The molecule has 1 aromatic heterocycles. The minimum atomic E-state index is 0. The third kappa shape index (κ3) is 3.75. The lowest BCUT2D eigenvalue weighted by Crippen LogP contribution is -2.12. The highest BCUT2D eigenvalue weighted by Crippen LogP contribution is 2.13. The predicted molar refractivity (Wildman–Crippen MR) is 83.9 cm³/mol. The normalized spacial score (nSPS) is 14.4. The molecular weight excluding hydrogens is 272 g/mol. The zero-order valence-corrected chi connectivity index (χ0v) is 11.9. The molecule has 0 fully saturated rings. The summed E-state index contributed by atoms with van der Waals surface area (Å²) in [6.07, 6.45) is 6.66. The van der Waals surface area contributed by atoms with E-state index < -0.39 is 0 Å². The molecule has 2 aromatic rings. The van der Waals surface area contributed by atoms with Gasteiger partial charge in [0.1, 0.15) is 5.76 Å². The van der Waals surface area contributed by atoms with E-state index in [1.165, 1.54) is 5.56 Å². The molecule has 20 heavy (non-hydrogen) atoms. The Labute approximate surface area is 125 Å². The molecule has 0 spiro atoms. The van der Waals surface area contributed by atoms with Crippen LogP contribution in [-0.2, 0) is 6.54 Å². The van der Waals surface area contributed by atoms with E-state index in [1.54, 1.807) is 6.26 Å². The van der Waals surface area contributed by atoms with E-state index in [0.29, 0.717) is 0 Å². The lowest BCUT2D eigenvalue weighted by molar-refractivity contribution is 0.310. The Morgan fingerprint density at radius 3 is 2.70 bits per heavy atom. The third-order valence-electron chi connectivity index (χ3n) is 3.09. The minimum absolute atomic E-state index is 0. The number of halogens is 1. The first kappa shape index (κ1) is 14.4. The Hall–Kier alpha value is -2.00. The molecule has 0 saturated carbocycles. The van der Waals surface area contributed by atoms with Gasteiger partial charge >= 0.3 is 0 Å². The van der Waals surface area contributed by atoms with E-state index in [4.69, 9.17) is 4.42 Å². The lowest BCUT2D eigenvalue weighted by atomic mass is 10.2. The molecular formula is C16H17ClN2O. The van der Waals surface area contributed by atoms with Crippen molar-refractivity contribution in [3.05, 3.63) is 66.1 Å². The van der Waals surface area contributed by atoms with Gasteiger partial charge in [-0.15, -0.1) is 12.4 Å². The van der Waals surface area contributed by atoms with Crippen molar-refractivity contribution in [1.29, 1.82) is 0 Å². The van der Waals surface area contributed by atoms with Gasteiger partial charge < -0.3 is 4.42 Å². The molecule has 0 amide bonds. The molecule has 1 aromatic carbocycles. The number of hydrogen-bond acceptors (Lipinski definition) is 3. The fourth-order valence-corrected chi connectivity index (χ4v) is 2.11. The van der Waals surface area contributed by atoms with Crippen molar-refractivity contribution < 1.29 is 4.42 Å². The van der Waals surface area contributed by atoms with E-state index in [0.717, 1.165) is 31.0 Å². The highest BCUT2D eigenvalue weighted by molar-refractivity contribution is 5.98. The molecule has 0 unspecified atom stereocenters. The second kappa shape index (κ2) is 6.96. The summed E-state index contributed by atoms with van der Waals surface area (Å²) < 4.78 is 5.26. The number of nitrogens with zero attached hydrogens (tertiary/aromatic N) is 2. The van der Waals surface area contributed by atoms with Gasteiger partial charge in [0.2, 0.25) is 0 Å². The maximum absolute atomic E-state index is 5.26. The SMILES string of the molecule is C(=C\c1ccco1)/C1=NN(Cc2ccccc2)CC1.Cl.